The van der Waals surface area contributed by atoms with E-state index in [2.05, 4.69) is 10.3 Å². The predicted molar refractivity (Wildman–Crippen MR) is 78.4 cm³/mol. The van der Waals surface area contributed by atoms with Crippen LogP contribution in [0.25, 0.3) is 11.0 Å². The number of nitrogens with zero attached hydrogens (tertiary/aromatic N) is 2. The molecule has 2 aromatic rings. The first-order chi connectivity index (χ1) is 9.47. The van der Waals surface area contributed by atoms with Crippen LogP contribution < -0.4 is 5.32 Å². The normalized spacial score (nSPS) is 13.0. The van der Waals surface area contributed by atoms with Crippen molar-refractivity contribution in [3.63, 3.8) is 0 Å². The van der Waals surface area contributed by atoms with E-state index in [-0.39, 0.29) is 0 Å². The average Bonchev–Trinajstić information content (AvgIpc) is 2.75. The Labute approximate surface area is 118 Å². The Morgan fingerprint density at radius 1 is 1.45 bits per heavy atom. The molecule has 5 nitrogen and oxygen atoms in total. The van der Waals surface area contributed by atoms with Gasteiger partial charge in [-0.3, -0.25) is 4.79 Å². The standard InChI is InChI=1S/C15H21N3O2/c1-10(2)6-13(15(19)20)16-8-11-4-5-14-12(7-11)17-9-18(14)3/h4-5,7,9-10,13,16H,6,8H2,1-3H3,(H,19,20). The van der Waals surface area contributed by atoms with Crippen molar-refractivity contribution in [1.82, 2.24) is 14.9 Å². The third-order valence-electron chi connectivity index (χ3n) is 3.35. The van der Waals surface area contributed by atoms with Crippen molar-refractivity contribution in [2.24, 2.45) is 13.0 Å². The highest BCUT2D eigenvalue weighted by molar-refractivity contribution is 5.76. The second-order valence-electron chi connectivity index (χ2n) is 5.58. The van der Waals surface area contributed by atoms with E-state index >= 15 is 0 Å². The molecular formula is C15H21N3O2. The number of hydrogen-bond donors (Lipinski definition) is 2. The van der Waals surface area contributed by atoms with Gasteiger partial charge in [-0.15, -0.1) is 0 Å². The van der Waals surface area contributed by atoms with Crippen LogP contribution in [0.4, 0.5) is 0 Å². The predicted octanol–water partition coefficient (Wildman–Crippen LogP) is 2.16. The molecule has 1 unspecified atom stereocenters. The van der Waals surface area contributed by atoms with Gasteiger partial charge >= 0.3 is 5.97 Å². The maximum atomic E-state index is 11.2. The zero-order chi connectivity index (χ0) is 14.7. The fourth-order valence-electron chi connectivity index (χ4n) is 2.28. The molecule has 2 rings (SSSR count). The van der Waals surface area contributed by atoms with Crippen LogP contribution in [-0.2, 0) is 18.4 Å². The average molecular weight is 275 g/mol. The van der Waals surface area contributed by atoms with Crippen LogP contribution in [0, 0.1) is 5.92 Å². The number of imidazole rings is 1. The Kier molecular flexibility index (Phi) is 4.39. The van der Waals surface area contributed by atoms with Crippen LogP contribution >= 0.6 is 0 Å². The number of aromatic nitrogens is 2. The van der Waals surface area contributed by atoms with E-state index < -0.39 is 12.0 Å². The Morgan fingerprint density at radius 2 is 2.20 bits per heavy atom. The lowest BCUT2D eigenvalue weighted by molar-refractivity contribution is -0.140. The number of carboxylic acid groups (broad SMARTS) is 1. The fraction of sp³-hybridized carbons (Fsp3) is 0.467. The van der Waals surface area contributed by atoms with Gasteiger partial charge in [-0.25, -0.2) is 4.98 Å². The van der Waals surface area contributed by atoms with Crippen molar-refractivity contribution in [1.29, 1.82) is 0 Å². The third kappa shape index (κ3) is 3.36. The number of aliphatic carboxylic acids is 1. The van der Waals surface area contributed by atoms with E-state index in [4.69, 9.17) is 0 Å². The Balaban J connectivity index is 2.05. The molecule has 2 N–H and O–H groups in total. The highest BCUT2D eigenvalue weighted by Gasteiger charge is 2.18. The van der Waals surface area contributed by atoms with E-state index in [1.165, 1.54) is 0 Å². The lowest BCUT2D eigenvalue weighted by Crippen LogP contribution is -2.37. The van der Waals surface area contributed by atoms with E-state index in [0.29, 0.717) is 18.9 Å². The molecule has 0 fully saturated rings. The number of nitrogens with one attached hydrogen (secondary N) is 1. The molecule has 0 aliphatic heterocycles. The minimum Gasteiger partial charge on any atom is -0.480 e. The summed E-state index contributed by atoms with van der Waals surface area (Å²) in [7, 11) is 1.95. The number of fused-ring (bicyclic) bond motifs is 1. The van der Waals surface area contributed by atoms with Gasteiger partial charge in [0.15, 0.2) is 0 Å². The molecule has 20 heavy (non-hydrogen) atoms. The summed E-state index contributed by atoms with van der Waals surface area (Å²) in [4.78, 5) is 15.5. The molecule has 1 heterocycles. The summed E-state index contributed by atoms with van der Waals surface area (Å²) < 4.78 is 1.96. The molecule has 0 bridgehead atoms. The zero-order valence-electron chi connectivity index (χ0n) is 12.1. The van der Waals surface area contributed by atoms with Gasteiger partial charge in [-0.1, -0.05) is 19.9 Å². The van der Waals surface area contributed by atoms with Gasteiger partial charge in [-0.2, -0.15) is 0 Å². The highest BCUT2D eigenvalue weighted by Crippen LogP contribution is 2.14. The van der Waals surface area contributed by atoms with Gasteiger partial charge in [0, 0.05) is 13.6 Å². The first-order valence-corrected chi connectivity index (χ1v) is 6.83. The van der Waals surface area contributed by atoms with E-state index in [1.807, 2.05) is 43.7 Å². The van der Waals surface area contributed by atoms with E-state index in [0.717, 1.165) is 16.6 Å². The van der Waals surface area contributed by atoms with Crippen LogP contribution in [0.3, 0.4) is 0 Å². The molecule has 1 atom stereocenters. The van der Waals surface area contributed by atoms with Crippen molar-refractivity contribution < 1.29 is 9.90 Å². The molecule has 5 heteroatoms. The smallest absolute Gasteiger partial charge is 0.320 e. The summed E-state index contributed by atoms with van der Waals surface area (Å²) in [6.07, 6.45) is 2.40. The van der Waals surface area contributed by atoms with Gasteiger partial charge in [0.2, 0.25) is 0 Å². The molecule has 1 aromatic carbocycles. The number of hydrogen-bond acceptors (Lipinski definition) is 3. The van der Waals surface area contributed by atoms with Crippen molar-refractivity contribution in [2.45, 2.75) is 32.9 Å². The van der Waals surface area contributed by atoms with Gasteiger partial charge in [-0.05, 0) is 30.0 Å². The molecule has 0 saturated heterocycles. The second-order valence-corrected chi connectivity index (χ2v) is 5.58. The fourth-order valence-corrected chi connectivity index (χ4v) is 2.28. The quantitative estimate of drug-likeness (QED) is 0.848. The monoisotopic (exact) mass is 275 g/mol. The summed E-state index contributed by atoms with van der Waals surface area (Å²) in [6.45, 7) is 4.59. The maximum Gasteiger partial charge on any atom is 0.320 e. The lowest BCUT2D eigenvalue weighted by atomic mass is 10.0. The molecule has 0 amide bonds. The Bertz CT molecular complexity index is 604. The van der Waals surface area contributed by atoms with Gasteiger partial charge in [0.05, 0.1) is 17.4 Å². The highest BCUT2D eigenvalue weighted by atomic mass is 16.4. The van der Waals surface area contributed by atoms with Crippen LogP contribution in [0.5, 0.6) is 0 Å². The van der Waals surface area contributed by atoms with Crippen molar-refractivity contribution >= 4 is 17.0 Å². The number of carbonyl (C=O) groups is 1. The van der Waals surface area contributed by atoms with Crippen molar-refractivity contribution in [3.05, 3.63) is 30.1 Å². The van der Waals surface area contributed by atoms with Crippen LogP contribution in [0.1, 0.15) is 25.8 Å². The maximum absolute atomic E-state index is 11.2. The first kappa shape index (κ1) is 14.5. The zero-order valence-corrected chi connectivity index (χ0v) is 12.1. The minimum absolute atomic E-state index is 0.349. The summed E-state index contributed by atoms with van der Waals surface area (Å²) >= 11 is 0. The summed E-state index contributed by atoms with van der Waals surface area (Å²) in [5, 5.41) is 12.3. The SMILES string of the molecule is CC(C)CC(NCc1ccc2c(c1)ncn2C)C(=O)O. The summed E-state index contributed by atoms with van der Waals surface area (Å²) in [5.74, 6) is -0.445. The topological polar surface area (TPSA) is 67.2 Å². The molecule has 0 saturated carbocycles. The van der Waals surface area contributed by atoms with Gasteiger partial charge in [0.1, 0.15) is 6.04 Å². The molecule has 0 radical (unpaired) electrons. The number of carboxylic acids is 1. The van der Waals surface area contributed by atoms with E-state index in [9.17, 15) is 9.90 Å². The second kappa shape index (κ2) is 6.05. The number of benzene rings is 1. The largest absolute Gasteiger partial charge is 0.480 e. The third-order valence-corrected chi connectivity index (χ3v) is 3.35. The first-order valence-electron chi connectivity index (χ1n) is 6.83. The van der Waals surface area contributed by atoms with Crippen LogP contribution in [-0.4, -0.2) is 26.7 Å². The Hall–Kier alpha value is -1.88. The van der Waals surface area contributed by atoms with Crippen molar-refractivity contribution in [3.8, 4) is 0 Å². The van der Waals surface area contributed by atoms with Gasteiger partial charge < -0.3 is 15.0 Å². The summed E-state index contributed by atoms with van der Waals surface area (Å²) in [6, 6.07) is 5.51. The molecule has 0 aliphatic carbocycles. The number of aryl methyl sites for hydroxylation is 1. The lowest BCUT2D eigenvalue weighted by Gasteiger charge is -2.16. The number of rotatable bonds is 6. The molecule has 1 aromatic heterocycles. The van der Waals surface area contributed by atoms with E-state index in [1.54, 1.807) is 6.33 Å². The molecule has 0 spiro atoms. The summed E-state index contributed by atoms with van der Waals surface area (Å²) in [5.41, 5.74) is 3.06. The van der Waals surface area contributed by atoms with Crippen LogP contribution in [0.2, 0.25) is 0 Å². The molecule has 0 aliphatic rings. The Morgan fingerprint density at radius 3 is 2.85 bits per heavy atom. The van der Waals surface area contributed by atoms with Crippen molar-refractivity contribution in [2.75, 3.05) is 0 Å². The van der Waals surface area contributed by atoms with Crippen LogP contribution in [0.15, 0.2) is 24.5 Å². The minimum atomic E-state index is -0.794. The van der Waals surface area contributed by atoms with Gasteiger partial charge in [0.25, 0.3) is 0 Å². The molecular weight excluding hydrogens is 254 g/mol. The molecule has 108 valence electrons.